The van der Waals surface area contributed by atoms with E-state index in [9.17, 15) is 9.90 Å². The van der Waals surface area contributed by atoms with Crippen molar-refractivity contribution in [1.82, 2.24) is 9.78 Å². The van der Waals surface area contributed by atoms with Gasteiger partial charge in [-0.25, -0.2) is 0 Å². The molecule has 1 aromatic heterocycles. The Bertz CT molecular complexity index is 1020. The number of phenols is 1. The van der Waals surface area contributed by atoms with Crippen molar-refractivity contribution >= 4 is 55.4 Å². The first-order valence-corrected chi connectivity index (χ1v) is 9.24. The molecular weight excluding hydrogens is 487 g/mol. The quantitative estimate of drug-likeness (QED) is 0.408. The van der Waals surface area contributed by atoms with Crippen molar-refractivity contribution in [2.75, 3.05) is 5.43 Å². The summed E-state index contributed by atoms with van der Waals surface area (Å²) in [6, 6.07) is 12.4. The zero-order valence-corrected chi connectivity index (χ0v) is 17.0. The standard InChI is InChI=1S/C17H11Br2ClN4O2/c18-12-6-10(7-13(19)16(12)25)8-21-23-14-9-22-24(17(26)15(14)20)11-4-2-1-3-5-11/h1-9,23,25H/b21-8+. The Labute approximate surface area is 170 Å². The Morgan fingerprint density at radius 1 is 1.19 bits per heavy atom. The SMILES string of the molecule is O=c1c(Cl)c(N/N=C/c2cc(Br)c(O)c(Br)c2)cnn1-c1ccccc1. The van der Waals surface area contributed by atoms with E-state index in [1.807, 2.05) is 18.2 Å². The van der Waals surface area contributed by atoms with Crippen molar-refractivity contribution < 1.29 is 5.11 Å². The lowest BCUT2D eigenvalue weighted by Crippen LogP contribution is -2.22. The van der Waals surface area contributed by atoms with Crippen LogP contribution in [0, 0.1) is 0 Å². The fourth-order valence-electron chi connectivity index (χ4n) is 2.10. The molecule has 0 amide bonds. The van der Waals surface area contributed by atoms with Gasteiger partial charge >= 0.3 is 0 Å². The smallest absolute Gasteiger partial charge is 0.292 e. The van der Waals surface area contributed by atoms with Gasteiger partial charge in [0.25, 0.3) is 5.56 Å². The molecular formula is C17H11Br2ClN4O2. The number of hydrazone groups is 1. The van der Waals surface area contributed by atoms with Crippen LogP contribution in [0.3, 0.4) is 0 Å². The topological polar surface area (TPSA) is 79.5 Å². The van der Waals surface area contributed by atoms with Crippen LogP contribution in [0.15, 0.2) is 67.5 Å². The van der Waals surface area contributed by atoms with Crippen molar-refractivity contribution in [2.24, 2.45) is 5.10 Å². The van der Waals surface area contributed by atoms with Gasteiger partial charge in [-0.2, -0.15) is 14.9 Å². The summed E-state index contributed by atoms with van der Waals surface area (Å²) in [4.78, 5) is 12.4. The van der Waals surface area contributed by atoms with Gasteiger partial charge in [0.2, 0.25) is 0 Å². The Hall–Kier alpha value is -2.16. The van der Waals surface area contributed by atoms with Gasteiger partial charge in [0.1, 0.15) is 16.5 Å². The Morgan fingerprint density at radius 2 is 1.85 bits per heavy atom. The Kier molecular flexibility index (Phi) is 5.75. The molecule has 0 aliphatic carbocycles. The van der Waals surface area contributed by atoms with Gasteiger partial charge in [-0.3, -0.25) is 10.2 Å². The molecule has 6 nitrogen and oxygen atoms in total. The van der Waals surface area contributed by atoms with E-state index in [1.54, 1.807) is 24.3 Å². The molecule has 9 heteroatoms. The van der Waals surface area contributed by atoms with Gasteiger partial charge < -0.3 is 5.11 Å². The lowest BCUT2D eigenvalue weighted by molar-refractivity contribution is 0.468. The number of aromatic hydroxyl groups is 1. The fraction of sp³-hybridized carbons (Fsp3) is 0. The molecule has 0 saturated heterocycles. The number of halogens is 3. The number of hydrogen-bond acceptors (Lipinski definition) is 5. The zero-order chi connectivity index (χ0) is 18.7. The largest absolute Gasteiger partial charge is 0.506 e. The van der Waals surface area contributed by atoms with Crippen LogP contribution in [0.1, 0.15) is 5.56 Å². The van der Waals surface area contributed by atoms with Gasteiger partial charge in [0, 0.05) is 0 Å². The van der Waals surface area contributed by atoms with Crippen LogP contribution < -0.4 is 11.0 Å². The minimum absolute atomic E-state index is 0.0194. The molecule has 26 heavy (non-hydrogen) atoms. The van der Waals surface area contributed by atoms with E-state index >= 15 is 0 Å². The summed E-state index contributed by atoms with van der Waals surface area (Å²) in [5.74, 6) is 0.104. The highest BCUT2D eigenvalue weighted by molar-refractivity contribution is 9.11. The lowest BCUT2D eigenvalue weighted by Gasteiger charge is -2.07. The first-order valence-electron chi connectivity index (χ1n) is 7.27. The number of anilines is 1. The van der Waals surface area contributed by atoms with E-state index in [2.05, 4.69) is 47.5 Å². The molecule has 2 N–H and O–H groups in total. The van der Waals surface area contributed by atoms with E-state index in [0.29, 0.717) is 14.6 Å². The number of aromatic nitrogens is 2. The number of nitrogens with zero attached hydrogens (tertiary/aromatic N) is 3. The summed E-state index contributed by atoms with van der Waals surface area (Å²) in [6.07, 6.45) is 2.95. The number of rotatable bonds is 4. The molecule has 0 saturated carbocycles. The second-order valence-corrected chi connectivity index (χ2v) is 7.21. The van der Waals surface area contributed by atoms with Crippen LogP contribution in [0.2, 0.25) is 5.02 Å². The van der Waals surface area contributed by atoms with Crippen LogP contribution in [-0.4, -0.2) is 21.1 Å². The molecule has 0 bridgehead atoms. The predicted octanol–water partition coefficient (Wildman–Crippen LogP) is 4.56. The van der Waals surface area contributed by atoms with Crippen LogP contribution in [-0.2, 0) is 0 Å². The van der Waals surface area contributed by atoms with Crippen molar-refractivity contribution in [3.05, 3.63) is 78.5 Å². The number of nitrogens with one attached hydrogen (secondary N) is 1. The predicted molar refractivity (Wildman–Crippen MR) is 110 cm³/mol. The molecule has 1 heterocycles. The molecule has 0 unspecified atom stereocenters. The van der Waals surface area contributed by atoms with Gasteiger partial charge in [0.05, 0.1) is 27.0 Å². The highest BCUT2D eigenvalue weighted by atomic mass is 79.9. The maximum absolute atomic E-state index is 12.4. The first-order chi connectivity index (χ1) is 12.5. The fourth-order valence-corrected chi connectivity index (χ4v) is 3.49. The van der Waals surface area contributed by atoms with Crippen molar-refractivity contribution in [3.63, 3.8) is 0 Å². The zero-order valence-electron chi connectivity index (χ0n) is 13.0. The van der Waals surface area contributed by atoms with Gasteiger partial charge in [-0.15, -0.1) is 0 Å². The molecule has 2 aromatic carbocycles. The van der Waals surface area contributed by atoms with Gasteiger partial charge in [0.15, 0.2) is 0 Å². The number of hydrogen-bond donors (Lipinski definition) is 2. The molecule has 0 radical (unpaired) electrons. The molecule has 0 aliphatic rings. The highest BCUT2D eigenvalue weighted by Crippen LogP contribution is 2.32. The Morgan fingerprint density at radius 3 is 2.50 bits per heavy atom. The van der Waals surface area contributed by atoms with E-state index in [0.717, 1.165) is 5.56 Å². The number of phenolic OH excluding ortho intramolecular Hbond substituents is 1. The van der Waals surface area contributed by atoms with Crippen molar-refractivity contribution in [3.8, 4) is 11.4 Å². The average molecular weight is 499 g/mol. The minimum Gasteiger partial charge on any atom is -0.506 e. The van der Waals surface area contributed by atoms with Crippen molar-refractivity contribution in [2.45, 2.75) is 0 Å². The van der Waals surface area contributed by atoms with Gasteiger partial charge in [-0.1, -0.05) is 29.8 Å². The van der Waals surface area contributed by atoms with E-state index < -0.39 is 5.56 Å². The summed E-state index contributed by atoms with van der Waals surface area (Å²) in [5, 5.41) is 17.9. The minimum atomic E-state index is -0.451. The van der Waals surface area contributed by atoms with Crippen LogP contribution in [0.25, 0.3) is 5.69 Å². The second kappa shape index (κ2) is 8.03. The molecule has 3 aromatic rings. The third-order valence-corrected chi connectivity index (χ3v) is 4.93. The van der Waals surface area contributed by atoms with Crippen molar-refractivity contribution in [1.29, 1.82) is 0 Å². The molecule has 0 fully saturated rings. The van der Waals surface area contributed by atoms with E-state index in [4.69, 9.17) is 11.6 Å². The molecule has 3 rings (SSSR count). The monoisotopic (exact) mass is 496 g/mol. The number of benzene rings is 2. The maximum Gasteiger partial charge on any atom is 0.292 e. The van der Waals surface area contributed by atoms with Crippen LogP contribution in [0.4, 0.5) is 5.69 Å². The van der Waals surface area contributed by atoms with Crippen LogP contribution >= 0.6 is 43.5 Å². The Balaban J connectivity index is 1.83. The number of para-hydroxylation sites is 1. The maximum atomic E-state index is 12.4. The van der Waals surface area contributed by atoms with Gasteiger partial charge in [-0.05, 0) is 61.7 Å². The summed E-state index contributed by atoms with van der Waals surface area (Å²) in [6.45, 7) is 0. The molecule has 0 aliphatic heterocycles. The van der Waals surface area contributed by atoms with Crippen LogP contribution in [0.5, 0.6) is 5.75 Å². The normalized spacial score (nSPS) is 11.0. The summed E-state index contributed by atoms with van der Waals surface area (Å²) in [5.41, 5.74) is 3.88. The molecule has 0 spiro atoms. The average Bonchev–Trinajstić information content (AvgIpc) is 2.64. The summed E-state index contributed by atoms with van der Waals surface area (Å²) >= 11 is 12.6. The molecule has 132 valence electrons. The third-order valence-electron chi connectivity index (χ3n) is 3.36. The van der Waals surface area contributed by atoms with E-state index in [1.165, 1.54) is 17.1 Å². The highest BCUT2D eigenvalue weighted by Gasteiger charge is 2.10. The second-order valence-electron chi connectivity index (χ2n) is 5.13. The third kappa shape index (κ3) is 3.98. The van der Waals surface area contributed by atoms with E-state index in [-0.39, 0.29) is 16.5 Å². The summed E-state index contributed by atoms with van der Waals surface area (Å²) < 4.78 is 2.27. The summed E-state index contributed by atoms with van der Waals surface area (Å²) in [7, 11) is 0. The lowest BCUT2D eigenvalue weighted by atomic mass is 10.2. The molecule has 0 atom stereocenters. The first kappa shape index (κ1) is 18.6.